The van der Waals surface area contributed by atoms with Gasteiger partial charge < -0.3 is 5.11 Å². The lowest BCUT2D eigenvalue weighted by atomic mass is 9.93. The molecular formula is C11H22N2O4S. The summed E-state index contributed by atoms with van der Waals surface area (Å²) >= 11 is 0. The third-order valence-electron chi connectivity index (χ3n) is 3.77. The Kier molecular flexibility index (Phi) is 4.74. The Hall–Kier alpha value is -0.660. The van der Waals surface area contributed by atoms with E-state index in [2.05, 4.69) is 18.6 Å². The van der Waals surface area contributed by atoms with Gasteiger partial charge >= 0.3 is 5.97 Å². The van der Waals surface area contributed by atoms with Gasteiger partial charge in [-0.2, -0.15) is 12.7 Å². The van der Waals surface area contributed by atoms with Gasteiger partial charge in [0.15, 0.2) is 0 Å². The first-order valence-electron chi connectivity index (χ1n) is 6.12. The van der Waals surface area contributed by atoms with Crippen LogP contribution in [0.1, 0.15) is 33.1 Å². The number of nitrogens with zero attached hydrogens (tertiary/aromatic N) is 1. The first kappa shape index (κ1) is 15.4. The Bertz CT molecular complexity index is 401. The normalized spacial score (nSPS) is 18.3. The van der Waals surface area contributed by atoms with E-state index in [1.807, 2.05) is 0 Å². The van der Waals surface area contributed by atoms with Gasteiger partial charge in [-0.3, -0.25) is 4.79 Å². The Morgan fingerprint density at radius 3 is 2.39 bits per heavy atom. The molecular weight excluding hydrogens is 256 g/mol. The SMILES string of the molecule is CC(C)C1(CNS(=O)(=O)N(C)CCC(=O)O)CC1. The van der Waals surface area contributed by atoms with Gasteiger partial charge in [0.1, 0.15) is 0 Å². The van der Waals surface area contributed by atoms with Crippen molar-refractivity contribution in [2.45, 2.75) is 33.1 Å². The van der Waals surface area contributed by atoms with Gasteiger partial charge in [0, 0.05) is 20.1 Å². The molecule has 0 aromatic rings. The lowest BCUT2D eigenvalue weighted by molar-refractivity contribution is -0.137. The first-order valence-corrected chi connectivity index (χ1v) is 7.56. The zero-order valence-electron chi connectivity index (χ0n) is 11.1. The zero-order chi connectivity index (χ0) is 14.0. The van der Waals surface area contributed by atoms with E-state index in [9.17, 15) is 13.2 Å². The van der Waals surface area contributed by atoms with Crippen LogP contribution in [0.5, 0.6) is 0 Å². The second kappa shape index (κ2) is 5.54. The van der Waals surface area contributed by atoms with Gasteiger partial charge in [0.25, 0.3) is 10.2 Å². The topological polar surface area (TPSA) is 86.7 Å². The fraction of sp³-hybridized carbons (Fsp3) is 0.909. The Labute approximate surface area is 109 Å². The number of carboxylic acid groups (broad SMARTS) is 1. The molecule has 0 atom stereocenters. The van der Waals surface area contributed by atoms with E-state index in [1.54, 1.807) is 0 Å². The molecule has 2 N–H and O–H groups in total. The number of nitrogens with one attached hydrogen (secondary N) is 1. The van der Waals surface area contributed by atoms with E-state index in [1.165, 1.54) is 7.05 Å². The van der Waals surface area contributed by atoms with Crippen molar-refractivity contribution in [3.05, 3.63) is 0 Å². The number of hydrogen-bond acceptors (Lipinski definition) is 3. The second-order valence-electron chi connectivity index (χ2n) is 5.31. The molecule has 0 radical (unpaired) electrons. The summed E-state index contributed by atoms with van der Waals surface area (Å²) in [6, 6.07) is 0. The number of aliphatic carboxylic acids is 1. The standard InChI is InChI=1S/C11H22N2O4S/c1-9(2)11(5-6-11)8-12-18(16,17)13(3)7-4-10(14)15/h9,12H,4-8H2,1-3H3,(H,14,15). The molecule has 1 fully saturated rings. The van der Waals surface area contributed by atoms with Crippen LogP contribution >= 0.6 is 0 Å². The Balaban J connectivity index is 2.47. The Morgan fingerprint density at radius 2 is 2.00 bits per heavy atom. The van der Waals surface area contributed by atoms with Crippen LogP contribution in [0.15, 0.2) is 0 Å². The monoisotopic (exact) mass is 278 g/mol. The van der Waals surface area contributed by atoms with Crippen LogP contribution in [0.3, 0.4) is 0 Å². The third kappa shape index (κ3) is 3.93. The third-order valence-corrected chi connectivity index (χ3v) is 5.29. The molecule has 1 rings (SSSR count). The highest BCUT2D eigenvalue weighted by Crippen LogP contribution is 2.51. The highest BCUT2D eigenvalue weighted by Gasteiger charge is 2.45. The fourth-order valence-corrected chi connectivity index (χ4v) is 2.86. The van der Waals surface area contributed by atoms with Crippen molar-refractivity contribution in [1.29, 1.82) is 0 Å². The summed E-state index contributed by atoms with van der Waals surface area (Å²) in [5.74, 6) is -0.553. The molecule has 0 aliphatic heterocycles. The predicted octanol–water partition coefficient (Wildman–Crippen LogP) is 0.663. The molecule has 1 aliphatic carbocycles. The average molecular weight is 278 g/mol. The van der Waals surface area contributed by atoms with Crippen molar-refractivity contribution in [2.75, 3.05) is 20.1 Å². The van der Waals surface area contributed by atoms with Crippen LogP contribution in [-0.4, -0.2) is 43.9 Å². The van der Waals surface area contributed by atoms with Gasteiger partial charge in [-0.15, -0.1) is 0 Å². The molecule has 7 heteroatoms. The maximum Gasteiger partial charge on any atom is 0.304 e. The van der Waals surface area contributed by atoms with Gasteiger partial charge in [0.2, 0.25) is 0 Å². The van der Waals surface area contributed by atoms with Crippen molar-refractivity contribution >= 4 is 16.2 Å². The van der Waals surface area contributed by atoms with Gasteiger partial charge in [-0.05, 0) is 24.2 Å². The molecule has 0 aromatic heterocycles. The quantitative estimate of drug-likeness (QED) is 0.683. The van der Waals surface area contributed by atoms with E-state index in [-0.39, 0.29) is 18.4 Å². The molecule has 1 aliphatic rings. The van der Waals surface area contributed by atoms with Crippen molar-refractivity contribution in [1.82, 2.24) is 9.03 Å². The molecule has 106 valence electrons. The largest absolute Gasteiger partial charge is 0.481 e. The van der Waals surface area contributed by atoms with Crippen LogP contribution in [0, 0.1) is 11.3 Å². The zero-order valence-corrected chi connectivity index (χ0v) is 12.0. The fourth-order valence-electron chi connectivity index (χ4n) is 1.84. The van der Waals surface area contributed by atoms with Crippen molar-refractivity contribution in [3.63, 3.8) is 0 Å². The smallest absolute Gasteiger partial charge is 0.304 e. The molecule has 1 saturated carbocycles. The van der Waals surface area contributed by atoms with Crippen molar-refractivity contribution in [2.24, 2.45) is 11.3 Å². The molecule has 18 heavy (non-hydrogen) atoms. The molecule has 0 saturated heterocycles. The molecule has 0 amide bonds. The van der Waals surface area contributed by atoms with Crippen LogP contribution in [0.25, 0.3) is 0 Å². The van der Waals surface area contributed by atoms with Gasteiger partial charge in [0.05, 0.1) is 6.42 Å². The lowest BCUT2D eigenvalue weighted by Gasteiger charge is -2.22. The van der Waals surface area contributed by atoms with Crippen molar-refractivity contribution in [3.8, 4) is 0 Å². The van der Waals surface area contributed by atoms with Crippen molar-refractivity contribution < 1.29 is 18.3 Å². The summed E-state index contributed by atoms with van der Waals surface area (Å²) in [5.41, 5.74) is 0.0979. The van der Waals surface area contributed by atoms with Gasteiger partial charge in [-0.1, -0.05) is 13.8 Å². The Morgan fingerprint density at radius 1 is 1.44 bits per heavy atom. The van der Waals surface area contributed by atoms with Crippen LogP contribution in [0.4, 0.5) is 0 Å². The first-order chi connectivity index (χ1) is 8.19. The number of carbonyl (C=O) groups is 1. The highest BCUT2D eigenvalue weighted by molar-refractivity contribution is 7.87. The summed E-state index contributed by atoms with van der Waals surface area (Å²) in [7, 11) is -2.17. The van der Waals surface area contributed by atoms with E-state index in [0.29, 0.717) is 12.5 Å². The summed E-state index contributed by atoms with van der Waals surface area (Å²) < 4.78 is 27.3. The summed E-state index contributed by atoms with van der Waals surface area (Å²) in [5, 5.41) is 8.53. The second-order valence-corrected chi connectivity index (χ2v) is 7.17. The molecule has 0 spiro atoms. The van der Waals surface area contributed by atoms with E-state index in [4.69, 9.17) is 5.11 Å². The number of rotatable bonds is 8. The van der Waals surface area contributed by atoms with E-state index < -0.39 is 16.2 Å². The maximum absolute atomic E-state index is 11.9. The number of hydrogen-bond donors (Lipinski definition) is 2. The maximum atomic E-state index is 11.9. The van der Waals surface area contributed by atoms with E-state index in [0.717, 1.165) is 17.1 Å². The minimum atomic E-state index is -3.56. The molecule has 0 bridgehead atoms. The predicted molar refractivity (Wildman–Crippen MR) is 68.3 cm³/mol. The molecule has 0 aromatic carbocycles. The van der Waals surface area contributed by atoms with Crippen LogP contribution < -0.4 is 4.72 Å². The summed E-state index contributed by atoms with van der Waals surface area (Å²) in [4.78, 5) is 10.4. The molecule has 0 heterocycles. The number of carboxylic acids is 1. The summed E-state index contributed by atoms with van der Waals surface area (Å²) in [6.07, 6.45) is 1.91. The minimum Gasteiger partial charge on any atom is -0.481 e. The molecule has 0 unspecified atom stereocenters. The summed E-state index contributed by atoms with van der Waals surface area (Å²) in [6.45, 7) is 4.61. The lowest BCUT2D eigenvalue weighted by Crippen LogP contribution is -2.42. The highest BCUT2D eigenvalue weighted by atomic mass is 32.2. The average Bonchev–Trinajstić information content (AvgIpc) is 3.04. The van der Waals surface area contributed by atoms with Crippen LogP contribution in [0.2, 0.25) is 0 Å². The van der Waals surface area contributed by atoms with Crippen LogP contribution in [-0.2, 0) is 15.0 Å². The minimum absolute atomic E-state index is 0.0145. The van der Waals surface area contributed by atoms with E-state index >= 15 is 0 Å². The van der Waals surface area contributed by atoms with Gasteiger partial charge in [-0.25, -0.2) is 4.72 Å². The molecule has 6 nitrogen and oxygen atoms in total.